The molecule has 0 aliphatic carbocycles. The molecule has 1 saturated heterocycles. The Balaban J connectivity index is 1.91. The van der Waals surface area contributed by atoms with Gasteiger partial charge in [0, 0.05) is 24.6 Å². The van der Waals surface area contributed by atoms with Crippen molar-refractivity contribution in [2.45, 2.75) is 36.6 Å². The lowest BCUT2D eigenvalue weighted by atomic mass is 9.99. The number of aliphatic hydroxyl groups is 1. The van der Waals surface area contributed by atoms with Crippen molar-refractivity contribution in [1.82, 2.24) is 9.62 Å². The van der Waals surface area contributed by atoms with Crippen molar-refractivity contribution in [3.05, 3.63) is 30.0 Å². The van der Waals surface area contributed by atoms with Crippen LogP contribution in [0.25, 0.3) is 11.0 Å². The van der Waals surface area contributed by atoms with E-state index in [1.807, 2.05) is 0 Å². The topological polar surface area (TPSA) is 99.8 Å². The highest BCUT2D eigenvalue weighted by Crippen LogP contribution is 2.26. The van der Waals surface area contributed by atoms with Gasteiger partial charge in [-0.05, 0) is 57.0 Å². The molecule has 2 heterocycles. The van der Waals surface area contributed by atoms with Crippen molar-refractivity contribution in [1.29, 1.82) is 0 Å². The van der Waals surface area contributed by atoms with Gasteiger partial charge in [0.15, 0.2) is 5.76 Å². The molecule has 25 heavy (non-hydrogen) atoms. The van der Waals surface area contributed by atoms with E-state index >= 15 is 0 Å². The lowest BCUT2D eigenvalue weighted by molar-refractivity contribution is 0.0545. The Kier molecular flexibility index (Phi) is 5.12. The zero-order chi connectivity index (χ0) is 18.0. The fraction of sp³-hybridized carbons (Fsp3) is 0.471. The molecular formula is C17H22N2O5S. The molecule has 136 valence electrons. The maximum absolute atomic E-state index is 12.8. The van der Waals surface area contributed by atoms with Crippen LogP contribution in [-0.4, -0.2) is 50.6 Å². The molecule has 1 aliphatic heterocycles. The predicted octanol–water partition coefficient (Wildman–Crippen LogP) is 1.72. The first-order valence-corrected chi connectivity index (χ1v) is 9.83. The van der Waals surface area contributed by atoms with E-state index in [0.29, 0.717) is 23.9 Å². The molecule has 1 aromatic heterocycles. The first-order chi connectivity index (χ1) is 12.0. The van der Waals surface area contributed by atoms with E-state index in [1.165, 1.54) is 19.2 Å². The number of aliphatic hydroxyl groups excluding tert-OH is 1. The molecule has 1 unspecified atom stereocenters. The summed E-state index contributed by atoms with van der Waals surface area (Å²) in [5.41, 5.74) is 0.467. The van der Waals surface area contributed by atoms with Crippen LogP contribution in [0.1, 0.15) is 36.2 Å². The molecule has 0 spiro atoms. The van der Waals surface area contributed by atoms with Gasteiger partial charge in [-0.2, -0.15) is 0 Å². The number of rotatable bonds is 5. The summed E-state index contributed by atoms with van der Waals surface area (Å²) in [5, 5.41) is 9.77. The highest BCUT2D eigenvalue weighted by molar-refractivity contribution is 7.89. The number of carbonyl (C=O) groups is 1. The van der Waals surface area contributed by atoms with Crippen LogP contribution in [0.3, 0.4) is 0 Å². The molecule has 2 N–H and O–H groups in total. The lowest BCUT2D eigenvalue weighted by Gasteiger charge is -2.34. The highest BCUT2D eigenvalue weighted by Gasteiger charge is 2.29. The van der Waals surface area contributed by atoms with Crippen LogP contribution in [0.4, 0.5) is 0 Å². The standard InChI is InChI=1S/C17H22N2O5S/c1-18-25(22,23)14-5-6-15-12(10-14)11-16(24-15)17(21)19-8-3-2-4-13(19)7-9-20/h5-6,10-11,13,18,20H,2-4,7-9H2,1H3. The minimum absolute atomic E-state index is 0.0136. The number of likely N-dealkylation sites (tertiary alicyclic amines) is 1. The van der Waals surface area contributed by atoms with Gasteiger partial charge in [-0.15, -0.1) is 0 Å². The second-order valence-corrected chi connectivity index (χ2v) is 8.06. The van der Waals surface area contributed by atoms with Crippen molar-refractivity contribution < 1.29 is 22.7 Å². The molecule has 0 bridgehead atoms. The number of piperidine rings is 1. The van der Waals surface area contributed by atoms with E-state index in [1.54, 1.807) is 17.0 Å². The Bertz CT molecular complexity index is 872. The first-order valence-electron chi connectivity index (χ1n) is 8.35. The number of nitrogens with one attached hydrogen (secondary N) is 1. The molecule has 8 heteroatoms. The molecule has 1 fully saturated rings. The van der Waals surface area contributed by atoms with Gasteiger partial charge in [0.05, 0.1) is 4.90 Å². The van der Waals surface area contributed by atoms with Gasteiger partial charge in [0.2, 0.25) is 10.0 Å². The monoisotopic (exact) mass is 366 g/mol. The third-order valence-electron chi connectivity index (χ3n) is 4.63. The Morgan fingerprint density at radius 1 is 1.36 bits per heavy atom. The van der Waals surface area contributed by atoms with Crippen molar-refractivity contribution in [3.63, 3.8) is 0 Å². The number of fused-ring (bicyclic) bond motifs is 1. The molecule has 1 amide bonds. The summed E-state index contributed by atoms with van der Waals surface area (Å²) in [7, 11) is -2.20. The zero-order valence-corrected chi connectivity index (χ0v) is 14.9. The van der Waals surface area contributed by atoms with Crippen LogP contribution in [0, 0.1) is 0 Å². The van der Waals surface area contributed by atoms with Crippen LogP contribution in [0.15, 0.2) is 33.6 Å². The SMILES string of the molecule is CNS(=O)(=O)c1ccc2oc(C(=O)N3CCCCC3CCO)cc2c1. The fourth-order valence-corrected chi connectivity index (χ4v) is 4.04. The maximum atomic E-state index is 12.8. The second-order valence-electron chi connectivity index (χ2n) is 6.18. The van der Waals surface area contributed by atoms with Gasteiger partial charge in [-0.1, -0.05) is 0 Å². The van der Waals surface area contributed by atoms with Crippen molar-refractivity contribution >= 4 is 26.9 Å². The number of hydrogen-bond acceptors (Lipinski definition) is 5. The molecule has 1 aromatic carbocycles. The largest absolute Gasteiger partial charge is 0.451 e. The van der Waals surface area contributed by atoms with Gasteiger partial charge in [0.1, 0.15) is 5.58 Å². The summed E-state index contributed by atoms with van der Waals surface area (Å²) in [6.07, 6.45) is 3.39. The summed E-state index contributed by atoms with van der Waals surface area (Å²) in [6, 6.07) is 6.08. The van der Waals surface area contributed by atoms with Crippen molar-refractivity contribution in [3.8, 4) is 0 Å². The molecule has 1 aliphatic rings. The molecule has 0 saturated carbocycles. The number of benzene rings is 1. The smallest absolute Gasteiger partial charge is 0.289 e. The van der Waals surface area contributed by atoms with Gasteiger partial charge >= 0.3 is 0 Å². The first kappa shape index (κ1) is 17.9. The van der Waals surface area contributed by atoms with Crippen molar-refractivity contribution in [2.24, 2.45) is 0 Å². The molecule has 1 atom stereocenters. The molecular weight excluding hydrogens is 344 g/mol. The van der Waals surface area contributed by atoms with Gasteiger partial charge in [-0.3, -0.25) is 4.79 Å². The Morgan fingerprint density at radius 2 is 2.16 bits per heavy atom. The number of carbonyl (C=O) groups excluding carboxylic acids is 1. The Morgan fingerprint density at radius 3 is 2.88 bits per heavy atom. The summed E-state index contributed by atoms with van der Waals surface area (Å²) in [6.45, 7) is 0.680. The van der Waals surface area contributed by atoms with E-state index in [-0.39, 0.29) is 29.2 Å². The predicted molar refractivity (Wildman–Crippen MR) is 92.8 cm³/mol. The lowest BCUT2D eigenvalue weighted by Crippen LogP contribution is -2.44. The third kappa shape index (κ3) is 3.56. The molecule has 0 radical (unpaired) electrons. The van der Waals surface area contributed by atoms with Crippen LogP contribution in [0.2, 0.25) is 0 Å². The van der Waals surface area contributed by atoms with E-state index in [4.69, 9.17) is 4.42 Å². The third-order valence-corrected chi connectivity index (χ3v) is 6.04. The highest BCUT2D eigenvalue weighted by atomic mass is 32.2. The van der Waals surface area contributed by atoms with E-state index in [0.717, 1.165) is 19.3 Å². The molecule has 7 nitrogen and oxygen atoms in total. The average Bonchev–Trinajstić information content (AvgIpc) is 3.05. The van der Waals surface area contributed by atoms with Crippen LogP contribution in [-0.2, 0) is 10.0 Å². The minimum Gasteiger partial charge on any atom is -0.451 e. The van der Waals surface area contributed by atoms with Crippen LogP contribution in [0.5, 0.6) is 0 Å². The van der Waals surface area contributed by atoms with Gasteiger partial charge in [0.25, 0.3) is 5.91 Å². The van der Waals surface area contributed by atoms with Crippen LogP contribution >= 0.6 is 0 Å². The number of nitrogens with zero attached hydrogens (tertiary/aromatic N) is 1. The van der Waals surface area contributed by atoms with Gasteiger partial charge in [-0.25, -0.2) is 13.1 Å². The molecule has 3 rings (SSSR count). The van der Waals surface area contributed by atoms with E-state index < -0.39 is 10.0 Å². The van der Waals surface area contributed by atoms with E-state index in [2.05, 4.69) is 4.72 Å². The number of amides is 1. The van der Waals surface area contributed by atoms with Crippen molar-refractivity contribution in [2.75, 3.05) is 20.2 Å². The minimum atomic E-state index is -3.55. The average molecular weight is 366 g/mol. The zero-order valence-electron chi connectivity index (χ0n) is 14.1. The molecule has 2 aromatic rings. The Labute approximate surface area is 146 Å². The van der Waals surface area contributed by atoms with E-state index in [9.17, 15) is 18.3 Å². The number of furan rings is 1. The Hall–Kier alpha value is -1.90. The summed E-state index contributed by atoms with van der Waals surface area (Å²) < 4.78 is 31.7. The van der Waals surface area contributed by atoms with Gasteiger partial charge < -0.3 is 14.4 Å². The van der Waals surface area contributed by atoms with Crippen LogP contribution < -0.4 is 4.72 Å². The second kappa shape index (κ2) is 7.15. The summed E-state index contributed by atoms with van der Waals surface area (Å²) >= 11 is 0. The normalized spacial score (nSPS) is 18.6. The number of hydrogen-bond donors (Lipinski definition) is 2. The summed E-state index contributed by atoms with van der Waals surface area (Å²) in [5.74, 6) is -0.0220. The quantitative estimate of drug-likeness (QED) is 0.839. The maximum Gasteiger partial charge on any atom is 0.289 e. The number of sulfonamides is 1. The summed E-state index contributed by atoms with van der Waals surface area (Å²) in [4.78, 5) is 14.7. The fourth-order valence-electron chi connectivity index (χ4n) is 3.27.